The maximum absolute atomic E-state index is 10.8. The van der Waals surface area contributed by atoms with Gasteiger partial charge in [-0.15, -0.1) is 0 Å². The first-order valence-electron chi connectivity index (χ1n) is 3.17. The van der Waals surface area contributed by atoms with Gasteiger partial charge in [0.25, 0.3) is 0 Å². The van der Waals surface area contributed by atoms with E-state index in [1.165, 1.54) is 7.05 Å². The largest absolute Gasteiger partial charge is 0.336 e. The Balaban J connectivity index is 3.64. The van der Waals surface area contributed by atoms with Gasteiger partial charge in [-0.05, 0) is 7.05 Å². The first-order valence-corrected chi connectivity index (χ1v) is 4.82. The fraction of sp³-hybridized carbons (Fsp3) is 0.750. The molecule has 72 valence electrons. The van der Waals surface area contributed by atoms with E-state index < -0.39 is 16.1 Å². The molecular weight excluding hydrogens is 184 g/mol. The lowest BCUT2D eigenvalue weighted by Crippen LogP contribution is -2.42. The molecule has 5 N–H and O–H groups in total. The van der Waals surface area contributed by atoms with E-state index in [1.54, 1.807) is 5.43 Å². The third-order valence-electron chi connectivity index (χ3n) is 1.10. The van der Waals surface area contributed by atoms with Gasteiger partial charge in [0.2, 0.25) is 10.0 Å². The lowest BCUT2D eigenvalue weighted by Gasteiger charge is -2.03. The van der Waals surface area contributed by atoms with E-state index in [2.05, 4.69) is 10.0 Å². The van der Waals surface area contributed by atoms with Gasteiger partial charge < -0.3 is 5.32 Å². The molecule has 0 radical (unpaired) electrons. The highest BCUT2D eigenvalue weighted by Gasteiger charge is 2.06. The Morgan fingerprint density at radius 1 is 1.50 bits per heavy atom. The number of carbonyl (C=O) groups excluding carboxylic acids is 1. The Kier molecular flexibility index (Phi) is 4.55. The van der Waals surface area contributed by atoms with Crippen LogP contribution in [0.4, 0.5) is 4.79 Å². The van der Waals surface area contributed by atoms with Crippen LogP contribution in [0.15, 0.2) is 0 Å². The van der Waals surface area contributed by atoms with E-state index in [1.807, 2.05) is 0 Å². The number of hydrazine groups is 1. The third-order valence-corrected chi connectivity index (χ3v) is 2.46. The zero-order valence-corrected chi connectivity index (χ0v) is 7.44. The van der Waals surface area contributed by atoms with Crippen molar-refractivity contribution in [2.45, 2.75) is 0 Å². The Hall–Kier alpha value is -0.860. The minimum atomic E-state index is -3.26. The molecule has 0 aromatic rings. The van der Waals surface area contributed by atoms with E-state index in [9.17, 15) is 13.2 Å². The number of hydrogen-bond acceptors (Lipinski definition) is 4. The van der Waals surface area contributed by atoms with Gasteiger partial charge >= 0.3 is 6.03 Å². The first-order chi connectivity index (χ1) is 5.52. The van der Waals surface area contributed by atoms with E-state index in [4.69, 9.17) is 5.84 Å². The highest BCUT2D eigenvalue weighted by molar-refractivity contribution is 7.89. The molecule has 0 saturated heterocycles. The molecule has 0 atom stereocenters. The molecule has 2 amide bonds. The van der Waals surface area contributed by atoms with Crippen LogP contribution in [0.3, 0.4) is 0 Å². The molecule has 0 aliphatic heterocycles. The summed E-state index contributed by atoms with van der Waals surface area (Å²) in [6, 6.07) is -0.610. The average molecular weight is 196 g/mol. The number of amides is 2. The predicted molar refractivity (Wildman–Crippen MR) is 43.6 cm³/mol. The topological polar surface area (TPSA) is 113 Å². The highest BCUT2D eigenvalue weighted by atomic mass is 32.2. The van der Waals surface area contributed by atoms with Crippen molar-refractivity contribution in [1.29, 1.82) is 0 Å². The summed E-state index contributed by atoms with van der Waals surface area (Å²) in [6.45, 7) is 0.0200. The quantitative estimate of drug-likeness (QED) is 0.230. The minimum Gasteiger partial charge on any atom is -0.336 e. The number of rotatable bonds is 4. The summed E-state index contributed by atoms with van der Waals surface area (Å²) in [5.41, 5.74) is 1.80. The van der Waals surface area contributed by atoms with Gasteiger partial charge in [0.1, 0.15) is 0 Å². The molecule has 0 rings (SSSR count). The second-order valence-corrected chi connectivity index (χ2v) is 3.97. The molecule has 0 fully saturated rings. The Morgan fingerprint density at radius 3 is 2.50 bits per heavy atom. The minimum absolute atomic E-state index is 0.0200. The van der Waals surface area contributed by atoms with E-state index in [0.29, 0.717) is 0 Å². The van der Waals surface area contributed by atoms with Gasteiger partial charge in [0, 0.05) is 6.54 Å². The Bertz CT molecular complexity index is 237. The summed E-state index contributed by atoms with van der Waals surface area (Å²) in [5.74, 6) is 4.56. The van der Waals surface area contributed by atoms with Gasteiger partial charge in [0.05, 0.1) is 5.75 Å². The molecule has 0 heterocycles. The average Bonchev–Trinajstić information content (AvgIpc) is 2.04. The monoisotopic (exact) mass is 196 g/mol. The number of urea groups is 1. The van der Waals surface area contributed by atoms with Crippen LogP contribution in [0.1, 0.15) is 0 Å². The Morgan fingerprint density at radius 2 is 2.08 bits per heavy atom. The van der Waals surface area contributed by atoms with Crippen molar-refractivity contribution in [3.8, 4) is 0 Å². The van der Waals surface area contributed by atoms with E-state index in [0.717, 1.165) is 0 Å². The zero-order valence-electron chi connectivity index (χ0n) is 6.62. The van der Waals surface area contributed by atoms with Gasteiger partial charge in [0.15, 0.2) is 0 Å². The van der Waals surface area contributed by atoms with Gasteiger partial charge in [-0.25, -0.2) is 23.8 Å². The molecule has 0 aromatic heterocycles. The molecule has 0 unspecified atom stereocenters. The zero-order chi connectivity index (χ0) is 9.61. The maximum atomic E-state index is 10.8. The van der Waals surface area contributed by atoms with Crippen LogP contribution in [0, 0.1) is 0 Å². The molecule has 0 aromatic carbocycles. The Labute approximate surface area is 70.7 Å². The van der Waals surface area contributed by atoms with E-state index >= 15 is 0 Å². The summed E-state index contributed by atoms with van der Waals surface area (Å²) in [4.78, 5) is 10.4. The lowest BCUT2D eigenvalue weighted by atomic mass is 10.7. The molecule has 7 nitrogen and oxygen atoms in total. The van der Waals surface area contributed by atoms with Crippen molar-refractivity contribution in [2.75, 3.05) is 19.3 Å². The van der Waals surface area contributed by atoms with Crippen molar-refractivity contribution in [3.05, 3.63) is 0 Å². The second kappa shape index (κ2) is 4.91. The summed E-state index contributed by atoms with van der Waals surface area (Å²) in [6.07, 6.45) is 0. The molecule has 0 saturated carbocycles. The predicted octanol–water partition coefficient (Wildman–Crippen LogP) is -2.29. The fourth-order valence-corrected chi connectivity index (χ4v) is 1.03. The van der Waals surface area contributed by atoms with Crippen LogP contribution in [-0.2, 0) is 10.0 Å². The van der Waals surface area contributed by atoms with Gasteiger partial charge in [-0.2, -0.15) is 0 Å². The van der Waals surface area contributed by atoms with Gasteiger partial charge in [-0.1, -0.05) is 0 Å². The third kappa shape index (κ3) is 4.88. The number of carbonyl (C=O) groups is 1. The van der Waals surface area contributed by atoms with Crippen LogP contribution in [0.2, 0.25) is 0 Å². The summed E-state index contributed by atoms with van der Waals surface area (Å²) in [5, 5.41) is 2.23. The van der Waals surface area contributed by atoms with Crippen molar-refractivity contribution in [3.63, 3.8) is 0 Å². The SMILES string of the molecule is CNS(=O)(=O)CCNC(=O)NN. The molecule has 0 aliphatic rings. The molecule has 8 heteroatoms. The fourth-order valence-electron chi connectivity index (χ4n) is 0.452. The van der Waals surface area contributed by atoms with Crippen molar-refractivity contribution < 1.29 is 13.2 Å². The molecule has 12 heavy (non-hydrogen) atoms. The molecule has 0 spiro atoms. The molecule has 0 aliphatic carbocycles. The van der Waals surface area contributed by atoms with Crippen LogP contribution in [0.5, 0.6) is 0 Å². The van der Waals surface area contributed by atoms with Crippen LogP contribution >= 0.6 is 0 Å². The van der Waals surface area contributed by atoms with Crippen LogP contribution < -0.4 is 21.3 Å². The van der Waals surface area contributed by atoms with Crippen molar-refractivity contribution in [1.82, 2.24) is 15.5 Å². The first kappa shape index (κ1) is 11.1. The highest BCUT2D eigenvalue weighted by Crippen LogP contribution is 1.78. The van der Waals surface area contributed by atoms with E-state index in [-0.39, 0.29) is 12.3 Å². The van der Waals surface area contributed by atoms with Crippen LogP contribution in [-0.4, -0.2) is 33.8 Å². The smallest absolute Gasteiger partial charge is 0.328 e. The van der Waals surface area contributed by atoms with Gasteiger partial charge in [-0.3, -0.25) is 5.43 Å². The number of nitrogens with two attached hydrogens (primary N) is 1. The standard InChI is InChI=1S/C4H12N4O3S/c1-6-12(10,11)3-2-7-4(9)8-5/h6H,2-3,5H2,1H3,(H2,7,8,9). The maximum Gasteiger partial charge on any atom is 0.328 e. The normalized spacial score (nSPS) is 10.8. The summed E-state index contributed by atoms with van der Waals surface area (Å²) in [7, 11) is -1.95. The van der Waals surface area contributed by atoms with Crippen molar-refractivity contribution >= 4 is 16.1 Å². The number of hydrogen-bond donors (Lipinski definition) is 4. The molecule has 0 bridgehead atoms. The lowest BCUT2D eigenvalue weighted by molar-refractivity contribution is 0.242. The van der Waals surface area contributed by atoms with Crippen LogP contribution in [0.25, 0.3) is 0 Å². The number of nitrogens with one attached hydrogen (secondary N) is 3. The second-order valence-electron chi connectivity index (χ2n) is 1.92. The molecular formula is C4H12N4O3S. The summed E-state index contributed by atoms with van der Waals surface area (Å²) >= 11 is 0. The number of sulfonamides is 1. The van der Waals surface area contributed by atoms with Crippen molar-refractivity contribution in [2.24, 2.45) is 5.84 Å². The summed E-state index contributed by atoms with van der Waals surface area (Å²) < 4.78 is 23.6.